The Morgan fingerprint density at radius 3 is 0.697 bits per heavy atom. The van der Waals surface area contributed by atoms with Crippen LogP contribution in [-0.4, -0.2) is 91.0 Å². The standard InChI is InChI=1S/C36H46N2O4.C28H30N2O4/c1-3-5-7-9-23-11-15-25(16-12-23)37-33(39)27-19-21-29-32-30(22-20-28(31(27)32)34(37)40)36(42)38(35(29)41)26-17-13-24(14-18-26)10-8-6-4-2;1-15-3-7-17(8-4-15)29-25(31)19-11-13-21-24-22(14-12-20(23(19)24)26(29)32)28(34)30(27(21)33)18-9-5-16(2)6-10-18/h19-26H,3-18H2,1-2H3;11-18H,3-10H2,1-2H3. The summed E-state index contributed by atoms with van der Waals surface area (Å²) in [5.74, 6) is 0.236. The van der Waals surface area contributed by atoms with Crippen molar-refractivity contribution in [2.24, 2.45) is 23.7 Å². The van der Waals surface area contributed by atoms with E-state index in [-0.39, 0.29) is 71.4 Å². The number of nitrogens with zero attached hydrogens (tertiary/aromatic N) is 4. The quantitative estimate of drug-likeness (QED) is 0.101. The van der Waals surface area contributed by atoms with E-state index in [1.165, 1.54) is 71.0 Å². The van der Waals surface area contributed by atoms with E-state index in [9.17, 15) is 38.4 Å². The first kappa shape index (κ1) is 52.0. The van der Waals surface area contributed by atoms with Crippen LogP contribution in [-0.2, 0) is 0 Å². The molecule has 8 amide bonds. The molecule has 0 aromatic heterocycles. The third-order valence-corrected chi connectivity index (χ3v) is 19.4. The lowest BCUT2D eigenvalue weighted by Crippen LogP contribution is -2.50. The van der Waals surface area contributed by atoms with Gasteiger partial charge in [-0.1, -0.05) is 79.1 Å². The predicted molar refractivity (Wildman–Crippen MR) is 293 cm³/mol. The number of imide groups is 4. The average molecular weight is 1030 g/mol. The van der Waals surface area contributed by atoms with Crippen molar-refractivity contribution in [1.29, 1.82) is 0 Å². The van der Waals surface area contributed by atoms with Crippen LogP contribution < -0.4 is 0 Å². The molecule has 0 bridgehead atoms. The maximum atomic E-state index is 13.9. The maximum absolute atomic E-state index is 13.9. The molecule has 0 unspecified atom stereocenters. The van der Waals surface area contributed by atoms with E-state index < -0.39 is 0 Å². The van der Waals surface area contributed by atoms with E-state index in [0.717, 1.165) is 103 Å². The molecule has 0 atom stereocenters. The van der Waals surface area contributed by atoms with Crippen molar-refractivity contribution in [3.05, 3.63) is 93.0 Å². The molecular weight excluding hydrogens is 953 g/mol. The predicted octanol–water partition coefficient (Wildman–Crippen LogP) is 13.5. The summed E-state index contributed by atoms with van der Waals surface area (Å²) in [6.07, 6.45) is 24.8. The molecule has 8 aliphatic rings. The van der Waals surface area contributed by atoms with Crippen LogP contribution in [0.3, 0.4) is 0 Å². The van der Waals surface area contributed by atoms with Crippen molar-refractivity contribution in [2.75, 3.05) is 0 Å². The van der Waals surface area contributed by atoms with Crippen LogP contribution in [0.25, 0.3) is 21.5 Å². The largest absolute Gasteiger partial charge is 0.271 e. The molecule has 12 nitrogen and oxygen atoms in total. The minimum absolute atomic E-state index is 0.0980. The minimum atomic E-state index is -0.302. The van der Waals surface area contributed by atoms with Gasteiger partial charge in [-0.2, -0.15) is 0 Å². The monoisotopic (exact) mass is 1030 g/mol. The first-order valence-corrected chi connectivity index (χ1v) is 29.5. The van der Waals surface area contributed by atoms with Gasteiger partial charge in [-0.15, -0.1) is 0 Å². The van der Waals surface area contributed by atoms with Crippen molar-refractivity contribution in [1.82, 2.24) is 19.6 Å². The smallest absolute Gasteiger partial charge is 0.261 e. The molecule has 76 heavy (non-hydrogen) atoms. The Labute approximate surface area is 447 Å². The Morgan fingerprint density at radius 1 is 0.303 bits per heavy atom. The molecule has 4 aromatic carbocycles. The number of amides is 8. The molecule has 12 heteroatoms. The number of carbonyl (C=O) groups is 8. The fraction of sp³-hybridized carbons (Fsp3) is 0.562. The van der Waals surface area contributed by atoms with Gasteiger partial charge in [-0.25, -0.2) is 0 Å². The van der Waals surface area contributed by atoms with Gasteiger partial charge in [0.1, 0.15) is 0 Å². The van der Waals surface area contributed by atoms with E-state index in [4.69, 9.17) is 0 Å². The van der Waals surface area contributed by atoms with Crippen molar-refractivity contribution >= 4 is 68.8 Å². The zero-order valence-electron chi connectivity index (χ0n) is 45.3. The molecule has 0 spiro atoms. The topological polar surface area (TPSA) is 150 Å². The summed E-state index contributed by atoms with van der Waals surface area (Å²) in [7, 11) is 0. The van der Waals surface area contributed by atoms with Crippen LogP contribution >= 0.6 is 0 Å². The minimum Gasteiger partial charge on any atom is -0.271 e. The van der Waals surface area contributed by atoms with E-state index in [0.29, 0.717) is 89.7 Å². The maximum Gasteiger partial charge on any atom is 0.261 e. The summed E-state index contributed by atoms with van der Waals surface area (Å²) in [4.78, 5) is 115. The molecule has 4 heterocycles. The number of benzene rings is 4. The summed E-state index contributed by atoms with van der Waals surface area (Å²) in [5.41, 5.74) is 3.47. The van der Waals surface area contributed by atoms with E-state index >= 15 is 0 Å². The summed E-state index contributed by atoms with van der Waals surface area (Å²) in [6.45, 7) is 8.86. The van der Waals surface area contributed by atoms with E-state index in [1.54, 1.807) is 48.5 Å². The molecule has 0 N–H and O–H groups in total. The molecule has 4 aliphatic carbocycles. The van der Waals surface area contributed by atoms with E-state index in [2.05, 4.69) is 27.7 Å². The first-order valence-electron chi connectivity index (χ1n) is 29.5. The Hall–Kier alpha value is -6.04. The lowest BCUT2D eigenvalue weighted by Gasteiger charge is -2.40. The summed E-state index contributed by atoms with van der Waals surface area (Å²) >= 11 is 0. The Bertz CT molecular complexity index is 2690. The van der Waals surface area contributed by atoms with E-state index in [1.807, 2.05) is 0 Å². The number of hydrogen-bond donors (Lipinski definition) is 0. The molecule has 400 valence electrons. The molecule has 0 radical (unpaired) electrons. The molecular formula is C64H76N4O8. The highest BCUT2D eigenvalue weighted by atomic mass is 16.2. The van der Waals surface area contributed by atoms with Gasteiger partial charge in [-0.05, 0) is 175 Å². The Morgan fingerprint density at radius 2 is 0.500 bits per heavy atom. The van der Waals surface area contributed by atoms with Gasteiger partial charge in [0.25, 0.3) is 47.3 Å². The molecule has 4 aliphatic heterocycles. The van der Waals surface area contributed by atoms with Crippen LogP contribution in [0, 0.1) is 23.7 Å². The summed E-state index contributed by atoms with van der Waals surface area (Å²) < 4.78 is 0. The van der Waals surface area contributed by atoms with Gasteiger partial charge in [0, 0.05) is 90.2 Å². The molecule has 0 saturated heterocycles. The fourth-order valence-electron chi connectivity index (χ4n) is 14.9. The van der Waals surface area contributed by atoms with Crippen molar-refractivity contribution in [2.45, 2.75) is 206 Å². The second kappa shape index (κ2) is 21.4. The molecule has 4 fully saturated rings. The number of hydrogen-bond acceptors (Lipinski definition) is 8. The fourth-order valence-corrected chi connectivity index (χ4v) is 14.9. The highest BCUT2D eigenvalue weighted by Crippen LogP contribution is 2.45. The van der Waals surface area contributed by atoms with Gasteiger partial charge >= 0.3 is 0 Å². The third kappa shape index (κ3) is 9.00. The van der Waals surface area contributed by atoms with Gasteiger partial charge in [0.05, 0.1) is 0 Å². The zero-order valence-corrected chi connectivity index (χ0v) is 45.3. The molecule has 4 saturated carbocycles. The lowest BCUT2D eigenvalue weighted by molar-refractivity contribution is 0.0460. The van der Waals surface area contributed by atoms with Crippen LogP contribution in [0.4, 0.5) is 0 Å². The second-order valence-electron chi connectivity index (χ2n) is 24.2. The van der Waals surface area contributed by atoms with Crippen LogP contribution in [0.1, 0.15) is 265 Å². The van der Waals surface area contributed by atoms with Gasteiger partial charge in [0.2, 0.25) is 0 Å². The third-order valence-electron chi connectivity index (χ3n) is 19.4. The van der Waals surface area contributed by atoms with Gasteiger partial charge in [-0.3, -0.25) is 58.0 Å². The number of carbonyl (C=O) groups excluding carboxylic acids is 8. The van der Waals surface area contributed by atoms with Crippen LogP contribution in [0.15, 0.2) is 48.5 Å². The summed E-state index contributed by atoms with van der Waals surface area (Å²) in [6, 6.07) is 13.2. The van der Waals surface area contributed by atoms with Gasteiger partial charge < -0.3 is 0 Å². The highest BCUT2D eigenvalue weighted by molar-refractivity contribution is 6.35. The van der Waals surface area contributed by atoms with Crippen LogP contribution in [0.5, 0.6) is 0 Å². The lowest BCUT2D eigenvalue weighted by atomic mass is 9.79. The highest BCUT2D eigenvalue weighted by Gasteiger charge is 2.46. The van der Waals surface area contributed by atoms with Crippen LogP contribution in [0.2, 0.25) is 0 Å². The van der Waals surface area contributed by atoms with Gasteiger partial charge in [0.15, 0.2) is 0 Å². The van der Waals surface area contributed by atoms with Crippen molar-refractivity contribution in [3.63, 3.8) is 0 Å². The molecule has 12 rings (SSSR count). The second-order valence-corrected chi connectivity index (χ2v) is 24.2. The Kier molecular flexibility index (Phi) is 14.7. The zero-order chi connectivity index (χ0) is 53.1. The van der Waals surface area contributed by atoms with Crippen molar-refractivity contribution < 1.29 is 38.4 Å². The molecule has 4 aromatic rings. The average Bonchev–Trinajstić information content (AvgIpc) is 3.51. The number of rotatable bonds is 12. The Balaban J connectivity index is 0.000000166. The SMILES string of the molecule is CC1CCC(N2C(=O)c3ccc4c5c(ccc(c35)C2=O)C(=O)N(C2CCC(C)CC2)C4=O)CC1.CCCCCC1CCC(N2C(=O)c3ccc4c5c(ccc(c35)C2=O)C(=O)N(C2CCC(CCCCC)CC2)C4=O)CC1. The first-order chi connectivity index (χ1) is 36.8. The summed E-state index contributed by atoms with van der Waals surface area (Å²) in [5, 5.41) is 1.93. The van der Waals surface area contributed by atoms with Crippen molar-refractivity contribution in [3.8, 4) is 0 Å². The normalized spacial score (nSPS) is 27.4. The number of unbranched alkanes of at least 4 members (excludes halogenated alkanes) is 4.